The second kappa shape index (κ2) is 8.71. The summed E-state index contributed by atoms with van der Waals surface area (Å²) in [6.07, 6.45) is 1.69. The molecule has 0 saturated heterocycles. The van der Waals surface area contributed by atoms with E-state index >= 15 is 0 Å². The first-order valence-corrected chi connectivity index (χ1v) is 8.46. The molecule has 0 unspecified atom stereocenters. The summed E-state index contributed by atoms with van der Waals surface area (Å²) in [4.78, 5) is 16.6. The Morgan fingerprint density at radius 1 is 0.963 bits per heavy atom. The smallest absolute Gasteiger partial charge is 0.256 e. The van der Waals surface area contributed by atoms with Crippen molar-refractivity contribution in [2.75, 3.05) is 24.9 Å². The maximum absolute atomic E-state index is 12.3. The fourth-order valence-corrected chi connectivity index (χ4v) is 2.47. The summed E-state index contributed by atoms with van der Waals surface area (Å²) in [5.74, 6) is 1.71. The van der Waals surface area contributed by atoms with Crippen LogP contribution in [0.2, 0.25) is 0 Å². The van der Waals surface area contributed by atoms with E-state index in [0.29, 0.717) is 23.7 Å². The van der Waals surface area contributed by atoms with E-state index in [4.69, 9.17) is 9.47 Å². The van der Waals surface area contributed by atoms with Gasteiger partial charge in [0.25, 0.3) is 5.91 Å². The molecule has 0 aliphatic heterocycles. The SMILES string of the molecule is COc1ccc(CNc2ccc(NC(=O)c3cccc(OC)c3)nc2)cc1. The van der Waals surface area contributed by atoms with E-state index in [0.717, 1.165) is 17.0 Å². The minimum absolute atomic E-state index is 0.236. The molecule has 0 spiro atoms. The predicted molar refractivity (Wildman–Crippen MR) is 106 cm³/mol. The second-order valence-electron chi connectivity index (χ2n) is 5.82. The van der Waals surface area contributed by atoms with Crippen LogP contribution in [0.5, 0.6) is 11.5 Å². The molecule has 0 bridgehead atoms. The van der Waals surface area contributed by atoms with Crippen LogP contribution >= 0.6 is 0 Å². The quantitative estimate of drug-likeness (QED) is 0.665. The number of anilines is 2. The Bertz CT molecular complexity index is 893. The first-order chi connectivity index (χ1) is 13.2. The molecule has 2 N–H and O–H groups in total. The highest BCUT2D eigenvalue weighted by Crippen LogP contribution is 2.16. The standard InChI is InChI=1S/C21H21N3O3/c1-26-18-9-6-15(7-10-18)13-22-17-8-11-20(23-14-17)24-21(25)16-4-3-5-19(12-16)27-2/h3-12,14,22H,13H2,1-2H3,(H,23,24,25). The lowest BCUT2D eigenvalue weighted by molar-refractivity contribution is 0.102. The van der Waals surface area contributed by atoms with Crippen molar-refractivity contribution < 1.29 is 14.3 Å². The summed E-state index contributed by atoms with van der Waals surface area (Å²) >= 11 is 0. The number of methoxy groups -OCH3 is 2. The van der Waals surface area contributed by atoms with Crippen molar-refractivity contribution in [3.8, 4) is 11.5 Å². The van der Waals surface area contributed by atoms with Gasteiger partial charge in [-0.1, -0.05) is 18.2 Å². The number of hydrogen-bond acceptors (Lipinski definition) is 5. The molecule has 3 aromatic rings. The van der Waals surface area contributed by atoms with Crippen molar-refractivity contribution in [1.29, 1.82) is 0 Å². The minimum atomic E-state index is -0.236. The Morgan fingerprint density at radius 2 is 1.74 bits per heavy atom. The van der Waals surface area contributed by atoms with Gasteiger partial charge in [-0.05, 0) is 48.0 Å². The Balaban J connectivity index is 1.56. The molecule has 6 heteroatoms. The molecule has 27 heavy (non-hydrogen) atoms. The molecule has 6 nitrogen and oxygen atoms in total. The van der Waals surface area contributed by atoms with E-state index in [9.17, 15) is 4.79 Å². The van der Waals surface area contributed by atoms with E-state index < -0.39 is 0 Å². The summed E-state index contributed by atoms with van der Waals surface area (Å²) in [5, 5.41) is 6.07. The Labute approximate surface area is 158 Å². The number of carbonyl (C=O) groups is 1. The summed E-state index contributed by atoms with van der Waals surface area (Å²) in [6, 6.07) is 18.4. The van der Waals surface area contributed by atoms with Crippen LogP contribution in [0.25, 0.3) is 0 Å². The Kier molecular flexibility index (Phi) is 5.89. The molecule has 0 saturated carbocycles. The topological polar surface area (TPSA) is 72.5 Å². The van der Waals surface area contributed by atoms with Crippen LogP contribution in [0, 0.1) is 0 Å². The number of nitrogens with one attached hydrogen (secondary N) is 2. The molecule has 138 valence electrons. The monoisotopic (exact) mass is 363 g/mol. The van der Waals surface area contributed by atoms with Crippen LogP contribution in [-0.4, -0.2) is 25.1 Å². The van der Waals surface area contributed by atoms with Gasteiger partial charge in [0.15, 0.2) is 0 Å². The minimum Gasteiger partial charge on any atom is -0.497 e. The number of benzene rings is 2. The second-order valence-corrected chi connectivity index (χ2v) is 5.82. The van der Waals surface area contributed by atoms with Crippen LogP contribution in [0.1, 0.15) is 15.9 Å². The number of nitrogens with zero attached hydrogens (tertiary/aromatic N) is 1. The van der Waals surface area contributed by atoms with E-state index in [1.54, 1.807) is 50.7 Å². The highest BCUT2D eigenvalue weighted by Gasteiger charge is 2.08. The molecule has 0 fully saturated rings. The zero-order valence-corrected chi connectivity index (χ0v) is 15.2. The van der Waals surface area contributed by atoms with Crippen molar-refractivity contribution in [3.63, 3.8) is 0 Å². The lowest BCUT2D eigenvalue weighted by Crippen LogP contribution is -2.13. The molecule has 1 heterocycles. The molecule has 3 rings (SSSR count). The summed E-state index contributed by atoms with van der Waals surface area (Å²) in [6.45, 7) is 0.668. The van der Waals surface area contributed by atoms with Gasteiger partial charge in [0, 0.05) is 12.1 Å². The molecule has 0 atom stereocenters. The van der Waals surface area contributed by atoms with Gasteiger partial charge in [0.2, 0.25) is 0 Å². The highest BCUT2D eigenvalue weighted by atomic mass is 16.5. The third-order valence-corrected chi connectivity index (χ3v) is 3.99. The summed E-state index contributed by atoms with van der Waals surface area (Å²) in [5.41, 5.74) is 2.51. The Hall–Kier alpha value is -3.54. The fraction of sp³-hybridized carbons (Fsp3) is 0.143. The number of amides is 1. The summed E-state index contributed by atoms with van der Waals surface area (Å²) in [7, 11) is 3.21. The lowest BCUT2D eigenvalue weighted by atomic mass is 10.2. The molecule has 0 aliphatic carbocycles. The van der Waals surface area contributed by atoms with Gasteiger partial charge < -0.3 is 20.1 Å². The van der Waals surface area contributed by atoms with Gasteiger partial charge in [-0.25, -0.2) is 4.98 Å². The van der Waals surface area contributed by atoms with E-state index in [1.807, 2.05) is 30.3 Å². The van der Waals surface area contributed by atoms with E-state index in [-0.39, 0.29) is 5.91 Å². The lowest BCUT2D eigenvalue weighted by Gasteiger charge is -2.09. The normalized spacial score (nSPS) is 10.1. The number of carbonyl (C=O) groups excluding carboxylic acids is 1. The van der Waals surface area contributed by atoms with Gasteiger partial charge in [-0.2, -0.15) is 0 Å². The molecule has 0 aliphatic rings. The Morgan fingerprint density at radius 3 is 2.41 bits per heavy atom. The molecule has 1 amide bonds. The van der Waals surface area contributed by atoms with Crippen LogP contribution < -0.4 is 20.1 Å². The van der Waals surface area contributed by atoms with Crippen LogP contribution in [-0.2, 0) is 6.54 Å². The number of pyridine rings is 1. The summed E-state index contributed by atoms with van der Waals surface area (Å²) < 4.78 is 10.3. The van der Waals surface area contributed by atoms with Gasteiger partial charge in [0.05, 0.1) is 26.1 Å². The van der Waals surface area contributed by atoms with Gasteiger partial charge in [-0.15, -0.1) is 0 Å². The van der Waals surface area contributed by atoms with Crippen LogP contribution in [0.3, 0.4) is 0 Å². The zero-order valence-electron chi connectivity index (χ0n) is 15.2. The molecule has 1 aromatic heterocycles. The number of hydrogen-bond donors (Lipinski definition) is 2. The molecular formula is C21H21N3O3. The average Bonchev–Trinajstić information content (AvgIpc) is 2.73. The predicted octanol–water partition coefficient (Wildman–Crippen LogP) is 3.96. The van der Waals surface area contributed by atoms with Crippen molar-refractivity contribution >= 4 is 17.4 Å². The third-order valence-electron chi connectivity index (χ3n) is 3.99. The number of ether oxygens (including phenoxy) is 2. The first kappa shape index (κ1) is 18.3. The average molecular weight is 363 g/mol. The first-order valence-electron chi connectivity index (χ1n) is 8.46. The van der Waals surface area contributed by atoms with Crippen molar-refractivity contribution in [3.05, 3.63) is 78.0 Å². The van der Waals surface area contributed by atoms with Crippen molar-refractivity contribution in [2.45, 2.75) is 6.54 Å². The molecule has 0 radical (unpaired) electrons. The van der Waals surface area contributed by atoms with Crippen molar-refractivity contribution in [1.82, 2.24) is 4.98 Å². The fourth-order valence-electron chi connectivity index (χ4n) is 2.47. The largest absolute Gasteiger partial charge is 0.497 e. The molecule has 2 aromatic carbocycles. The maximum Gasteiger partial charge on any atom is 0.256 e. The zero-order chi connectivity index (χ0) is 19.1. The van der Waals surface area contributed by atoms with Gasteiger partial charge in [0.1, 0.15) is 17.3 Å². The number of rotatable bonds is 7. The van der Waals surface area contributed by atoms with Crippen molar-refractivity contribution in [2.24, 2.45) is 0 Å². The van der Waals surface area contributed by atoms with Crippen LogP contribution in [0.15, 0.2) is 66.9 Å². The van der Waals surface area contributed by atoms with Crippen LogP contribution in [0.4, 0.5) is 11.5 Å². The third kappa shape index (κ3) is 4.98. The maximum atomic E-state index is 12.3. The van der Waals surface area contributed by atoms with Gasteiger partial charge >= 0.3 is 0 Å². The van der Waals surface area contributed by atoms with Gasteiger partial charge in [-0.3, -0.25) is 4.79 Å². The van der Waals surface area contributed by atoms with E-state index in [2.05, 4.69) is 15.6 Å². The van der Waals surface area contributed by atoms with E-state index in [1.165, 1.54) is 0 Å². The number of aromatic nitrogens is 1. The highest BCUT2D eigenvalue weighted by molar-refractivity contribution is 6.04. The molecular weight excluding hydrogens is 342 g/mol.